The summed E-state index contributed by atoms with van der Waals surface area (Å²) in [5.74, 6) is -0.575. The van der Waals surface area contributed by atoms with Crippen molar-refractivity contribution in [2.24, 2.45) is 0 Å². The molecule has 1 saturated heterocycles. The first-order chi connectivity index (χ1) is 14.8. The topological polar surface area (TPSA) is 55.4 Å². The number of aryl methyl sites for hydroxylation is 2. The van der Waals surface area contributed by atoms with Crippen molar-refractivity contribution < 1.29 is 18.7 Å². The fourth-order valence-electron chi connectivity index (χ4n) is 4.71. The van der Waals surface area contributed by atoms with E-state index in [1.165, 1.54) is 12.1 Å². The molecular formula is C25H33FNO3P. The number of amides is 1. The zero-order valence-corrected chi connectivity index (χ0v) is 19.7. The second-order valence-electron chi connectivity index (χ2n) is 8.87. The molecule has 1 amide bonds. The van der Waals surface area contributed by atoms with Gasteiger partial charge in [-0.3, -0.25) is 0 Å². The Hall–Kier alpha value is -2.26. The van der Waals surface area contributed by atoms with Crippen molar-refractivity contribution >= 4 is 24.8 Å². The predicted molar refractivity (Wildman–Crippen MR) is 127 cm³/mol. The van der Waals surface area contributed by atoms with E-state index >= 15 is 0 Å². The molecule has 168 valence electrons. The van der Waals surface area contributed by atoms with Crippen LogP contribution in [0.2, 0.25) is 0 Å². The van der Waals surface area contributed by atoms with Gasteiger partial charge >= 0.3 is 185 Å². The van der Waals surface area contributed by atoms with E-state index in [0.29, 0.717) is 23.0 Å². The first-order valence-electron chi connectivity index (χ1n) is 11.1. The molecule has 0 spiro atoms. The Morgan fingerprint density at radius 1 is 1.06 bits per heavy atom. The van der Waals surface area contributed by atoms with Crippen molar-refractivity contribution in [1.82, 2.24) is 0 Å². The van der Waals surface area contributed by atoms with Gasteiger partial charge < -0.3 is 0 Å². The minimum absolute atomic E-state index is 0.0674. The van der Waals surface area contributed by atoms with E-state index in [9.17, 15) is 14.0 Å². The molecule has 1 aliphatic rings. The standard InChI is InChI=1S/C25H33FNO3P/c1-18-14-22(26)15-19(2)24(18)27-25(29)20(3)31(12-8-5-9-13-31)17-23(28)30-16-21-10-6-4-7-11-21/h4,6-7,10-11,14-15,20,31H,5,8-9,12-13,16-17H2,1-3H3,(H,27,29). The van der Waals surface area contributed by atoms with Gasteiger partial charge in [0.05, 0.1) is 0 Å². The maximum absolute atomic E-state index is 13.6. The molecule has 6 heteroatoms. The van der Waals surface area contributed by atoms with Crippen molar-refractivity contribution in [3.63, 3.8) is 0 Å². The molecule has 2 aromatic rings. The van der Waals surface area contributed by atoms with Gasteiger partial charge in [0.25, 0.3) is 0 Å². The number of nitrogens with one attached hydrogen (secondary N) is 1. The molecule has 4 nitrogen and oxygen atoms in total. The average Bonchev–Trinajstić information content (AvgIpc) is 2.75. The molecule has 1 heterocycles. The van der Waals surface area contributed by atoms with Crippen LogP contribution in [-0.4, -0.2) is 36.0 Å². The quantitative estimate of drug-likeness (QED) is 0.456. The molecular weight excluding hydrogens is 412 g/mol. The molecule has 1 aliphatic heterocycles. The molecule has 0 radical (unpaired) electrons. The van der Waals surface area contributed by atoms with Gasteiger partial charge in [0, 0.05) is 0 Å². The van der Waals surface area contributed by atoms with Crippen molar-refractivity contribution in [3.05, 3.63) is 65.0 Å². The van der Waals surface area contributed by atoms with Crippen LogP contribution in [0.15, 0.2) is 42.5 Å². The first kappa shape index (κ1) is 23.4. The van der Waals surface area contributed by atoms with Gasteiger partial charge in [-0.2, -0.15) is 0 Å². The summed E-state index contributed by atoms with van der Waals surface area (Å²) in [5.41, 5.74) is 2.83. The molecule has 1 atom stereocenters. The summed E-state index contributed by atoms with van der Waals surface area (Å²) in [5, 5.41) is 3.04. The van der Waals surface area contributed by atoms with Gasteiger partial charge in [0.15, 0.2) is 0 Å². The number of ether oxygens (including phenoxy) is 1. The van der Waals surface area contributed by atoms with E-state index in [4.69, 9.17) is 4.74 Å². The number of halogens is 1. The normalized spacial score (nSPS) is 17.4. The summed E-state index contributed by atoms with van der Waals surface area (Å²) in [6, 6.07) is 12.5. The van der Waals surface area contributed by atoms with Gasteiger partial charge in [-0.25, -0.2) is 0 Å². The predicted octanol–water partition coefficient (Wildman–Crippen LogP) is 5.45. The Morgan fingerprint density at radius 2 is 1.68 bits per heavy atom. The Labute approximate surface area is 184 Å². The molecule has 1 fully saturated rings. The van der Waals surface area contributed by atoms with Crippen LogP contribution < -0.4 is 5.32 Å². The van der Waals surface area contributed by atoms with Gasteiger partial charge in [0.1, 0.15) is 0 Å². The van der Waals surface area contributed by atoms with Gasteiger partial charge in [-0.05, 0) is 0 Å². The third-order valence-electron chi connectivity index (χ3n) is 6.65. The number of hydrogen-bond acceptors (Lipinski definition) is 3. The number of esters is 1. The maximum atomic E-state index is 13.6. The fourth-order valence-corrected chi connectivity index (χ4v) is 9.70. The monoisotopic (exact) mass is 445 g/mol. The van der Waals surface area contributed by atoms with E-state index in [-0.39, 0.29) is 30.0 Å². The summed E-state index contributed by atoms with van der Waals surface area (Å²) in [6.45, 7) is 5.82. The molecule has 2 aromatic carbocycles. The molecule has 1 N–H and O–H groups in total. The number of carbonyl (C=O) groups is 2. The van der Waals surface area contributed by atoms with E-state index in [2.05, 4.69) is 5.32 Å². The zero-order valence-electron chi connectivity index (χ0n) is 18.7. The van der Waals surface area contributed by atoms with E-state index in [0.717, 1.165) is 37.1 Å². The number of benzene rings is 2. The number of rotatable bonds is 7. The zero-order chi connectivity index (χ0) is 22.4. The number of carbonyl (C=O) groups excluding carboxylic acids is 2. The summed E-state index contributed by atoms with van der Waals surface area (Å²) >= 11 is 0. The molecule has 0 bridgehead atoms. The van der Waals surface area contributed by atoms with Crippen molar-refractivity contribution in [2.45, 2.75) is 52.3 Å². The Kier molecular flexibility index (Phi) is 7.83. The third-order valence-corrected chi connectivity index (χ3v) is 12.4. The fraction of sp³-hybridized carbons (Fsp3) is 0.440. The minimum atomic E-state index is -2.21. The van der Waals surface area contributed by atoms with Crippen LogP contribution in [0, 0.1) is 19.7 Å². The van der Waals surface area contributed by atoms with Crippen LogP contribution in [0.5, 0.6) is 0 Å². The van der Waals surface area contributed by atoms with Gasteiger partial charge in [0.2, 0.25) is 0 Å². The first-order valence-corrected chi connectivity index (χ1v) is 13.8. The van der Waals surface area contributed by atoms with Gasteiger partial charge in [-0.1, -0.05) is 0 Å². The van der Waals surface area contributed by atoms with Crippen molar-refractivity contribution in [2.75, 3.05) is 23.8 Å². The molecule has 0 saturated carbocycles. The van der Waals surface area contributed by atoms with Crippen LogP contribution in [-0.2, 0) is 20.9 Å². The third kappa shape index (κ3) is 5.92. The van der Waals surface area contributed by atoms with E-state index in [1.54, 1.807) is 13.8 Å². The number of hydrogen-bond donors (Lipinski definition) is 1. The molecule has 0 aromatic heterocycles. The van der Waals surface area contributed by atoms with Crippen LogP contribution in [0.25, 0.3) is 0 Å². The molecule has 1 unspecified atom stereocenters. The van der Waals surface area contributed by atoms with Crippen LogP contribution in [0.4, 0.5) is 10.1 Å². The Balaban J connectivity index is 1.71. The van der Waals surface area contributed by atoms with E-state index < -0.39 is 7.26 Å². The Bertz CT molecular complexity index is 903. The van der Waals surface area contributed by atoms with E-state index in [1.807, 2.05) is 37.3 Å². The SMILES string of the molecule is Cc1cc(F)cc(C)c1NC(=O)C(C)[PH]1(CC(=O)OCc2ccccc2)CCCCC1. The second-order valence-corrected chi connectivity index (χ2v) is 13.8. The second kappa shape index (κ2) is 10.4. The van der Waals surface area contributed by atoms with Crippen LogP contribution in [0.3, 0.4) is 0 Å². The molecule has 0 aliphatic carbocycles. The molecule has 3 rings (SSSR count). The molecule has 31 heavy (non-hydrogen) atoms. The van der Waals surface area contributed by atoms with Gasteiger partial charge in [-0.15, -0.1) is 0 Å². The van der Waals surface area contributed by atoms with Crippen molar-refractivity contribution in [3.8, 4) is 0 Å². The average molecular weight is 446 g/mol. The van der Waals surface area contributed by atoms with Crippen LogP contribution in [0.1, 0.15) is 42.9 Å². The summed E-state index contributed by atoms with van der Waals surface area (Å²) in [7, 11) is -2.21. The summed E-state index contributed by atoms with van der Waals surface area (Å²) in [6.07, 6.45) is 5.57. The summed E-state index contributed by atoms with van der Waals surface area (Å²) in [4.78, 5) is 26.0. The Morgan fingerprint density at radius 3 is 2.29 bits per heavy atom. The number of anilines is 1. The van der Waals surface area contributed by atoms with Crippen LogP contribution >= 0.6 is 7.26 Å². The summed E-state index contributed by atoms with van der Waals surface area (Å²) < 4.78 is 19.2. The van der Waals surface area contributed by atoms with Crippen molar-refractivity contribution in [1.29, 1.82) is 0 Å².